The van der Waals surface area contributed by atoms with Crippen LogP contribution in [0.4, 0.5) is 11.4 Å². The first kappa shape index (κ1) is 20.9. The Bertz CT molecular complexity index is 1420. The van der Waals surface area contributed by atoms with Gasteiger partial charge in [-0.25, -0.2) is 4.90 Å². The fourth-order valence-corrected chi connectivity index (χ4v) is 6.94. The summed E-state index contributed by atoms with van der Waals surface area (Å²) in [5, 5.41) is 11.2. The van der Waals surface area contributed by atoms with Crippen LogP contribution < -0.4 is 4.90 Å². The lowest BCUT2D eigenvalue weighted by molar-refractivity contribution is -0.384. The van der Waals surface area contributed by atoms with E-state index >= 15 is 0 Å². The molecule has 1 aliphatic heterocycles. The van der Waals surface area contributed by atoms with Gasteiger partial charge in [0.15, 0.2) is 0 Å². The van der Waals surface area contributed by atoms with Gasteiger partial charge in [0.1, 0.15) is 5.78 Å². The Balaban J connectivity index is 1.62. The van der Waals surface area contributed by atoms with Gasteiger partial charge in [0.05, 0.1) is 27.9 Å². The van der Waals surface area contributed by atoms with E-state index in [1.165, 1.54) is 25.1 Å². The molecular weight excluding hydrogens is 500 g/mol. The predicted molar refractivity (Wildman–Crippen MR) is 126 cm³/mol. The van der Waals surface area contributed by atoms with Gasteiger partial charge in [-0.2, -0.15) is 0 Å². The minimum atomic E-state index is -1.28. The summed E-state index contributed by atoms with van der Waals surface area (Å²) in [6.45, 7) is 1.48. The van der Waals surface area contributed by atoms with Crippen molar-refractivity contribution in [3.63, 3.8) is 0 Å². The van der Waals surface area contributed by atoms with E-state index in [-0.39, 0.29) is 27.5 Å². The van der Waals surface area contributed by atoms with Crippen LogP contribution in [0.25, 0.3) is 0 Å². The normalized spacial score (nSPS) is 26.2. The van der Waals surface area contributed by atoms with Gasteiger partial charge < -0.3 is 0 Å². The molecule has 8 heteroatoms. The van der Waals surface area contributed by atoms with Crippen molar-refractivity contribution in [3.8, 4) is 0 Å². The van der Waals surface area contributed by atoms with E-state index in [4.69, 9.17) is 0 Å². The summed E-state index contributed by atoms with van der Waals surface area (Å²) >= 11 is 3.31. The number of non-ortho nitro benzene ring substituents is 1. The molecule has 0 unspecified atom stereocenters. The van der Waals surface area contributed by atoms with Crippen molar-refractivity contribution in [3.05, 3.63) is 104 Å². The van der Waals surface area contributed by atoms with Crippen LogP contribution in [0.1, 0.15) is 35.1 Å². The highest BCUT2D eigenvalue weighted by Gasteiger charge is 2.70. The maximum Gasteiger partial charge on any atom is 0.270 e. The topological polar surface area (TPSA) is 97.6 Å². The number of carbonyl (C=O) groups excluding carboxylic acids is 3. The number of Topliss-reactive ketones (excluding diaryl/α,β-unsaturated/α-hetero) is 1. The largest absolute Gasteiger partial charge is 0.299 e. The fourth-order valence-electron chi connectivity index (χ4n) is 6.40. The zero-order valence-electron chi connectivity index (χ0n) is 17.9. The zero-order chi connectivity index (χ0) is 23.9. The number of rotatable bonds is 3. The molecule has 4 aliphatic rings. The molecule has 2 bridgehead atoms. The lowest BCUT2D eigenvalue weighted by Gasteiger charge is -2.52. The fraction of sp³-hybridized carbons (Fsp3) is 0.192. The lowest BCUT2D eigenvalue weighted by atomic mass is 9.46. The van der Waals surface area contributed by atoms with Crippen LogP contribution in [0.3, 0.4) is 0 Å². The molecule has 0 aromatic heterocycles. The number of nitro benzene ring substituents is 1. The van der Waals surface area contributed by atoms with Gasteiger partial charge in [-0.3, -0.25) is 24.5 Å². The maximum atomic E-state index is 14.0. The van der Waals surface area contributed by atoms with E-state index in [1.807, 2.05) is 48.5 Å². The summed E-state index contributed by atoms with van der Waals surface area (Å²) in [4.78, 5) is 53.3. The third-order valence-electron chi connectivity index (χ3n) is 7.56. The van der Waals surface area contributed by atoms with Gasteiger partial charge in [0.25, 0.3) is 5.69 Å². The molecule has 2 atom stereocenters. The molecule has 0 N–H and O–H groups in total. The van der Waals surface area contributed by atoms with E-state index in [1.54, 1.807) is 0 Å². The van der Waals surface area contributed by atoms with Gasteiger partial charge in [0, 0.05) is 22.5 Å². The molecule has 168 valence electrons. The van der Waals surface area contributed by atoms with Crippen molar-refractivity contribution in [1.82, 2.24) is 0 Å². The van der Waals surface area contributed by atoms with Crippen molar-refractivity contribution in [2.45, 2.75) is 18.3 Å². The minimum Gasteiger partial charge on any atom is -0.299 e. The second-order valence-electron chi connectivity index (χ2n) is 8.92. The number of imide groups is 1. The molecule has 3 aromatic carbocycles. The number of amides is 2. The first-order valence-corrected chi connectivity index (χ1v) is 11.6. The van der Waals surface area contributed by atoms with Crippen LogP contribution >= 0.6 is 15.9 Å². The second kappa shape index (κ2) is 6.93. The van der Waals surface area contributed by atoms with Crippen LogP contribution in [0.2, 0.25) is 0 Å². The van der Waals surface area contributed by atoms with E-state index in [0.29, 0.717) is 0 Å². The van der Waals surface area contributed by atoms with Crippen LogP contribution in [0.15, 0.2) is 71.2 Å². The van der Waals surface area contributed by atoms with Crippen LogP contribution in [0, 0.1) is 22.0 Å². The third-order valence-corrected chi connectivity index (χ3v) is 8.19. The molecule has 1 heterocycles. The molecule has 1 saturated heterocycles. The molecule has 3 aliphatic carbocycles. The van der Waals surface area contributed by atoms with Crippen molar-refractivity contribution in [1.29, 1.82) is 0 Å². The third kappa shape index (κ3) is 2.33. The SMILES string of the molecule is CC(=O)C12c3ccccc3C(c3ccccc31)[C@H]1C(=O)N(c3ccc([N+](=O)[O-])cc3Br)C(=O)[C@@H]12. The highest BCUT2D eigenvalue weighted by molar-refractivity contribution is 9.10. The number of halogens is 1. The van der Waals surface area contributed by atoms with Gasteiger partial charge in [-0.15, -0.1) is 0 Å². The van der Waals surface area contributed by atoms with E-state index in [0.717, 1.165) is 27.2 Å². The summed E-state index contributed by atoms with van der Waals surface area (Å²) in [5.41, 5.74) is 2.14. The van der Waals surface area contributed by atoms with Crippen LogP contribution in [0.5, 0.6) is 0 Å². The molecule has 0 radical (unpaired) electrons. The molecular formula is C26H17BrN2O5. The highest BCUT2D eigenvalue weighted by atomic mass is 79.9. The standard InChI is InChI=1S/C26H17BrN2O5/c1-13(30)26-17-8-4-2-6-15(17)21(16-7-3-5-9-18(16)26)22-23(26)25(32)28(24(22)31)20-11-10-14(29(33)34)12-19(20)27/h2-12,21-23H,1H3/t21?,22-,23-,26?/m1/s1. The van der Waals surface area contributed by atoms with Crippen LogP contribution in [-0.4, -0.2) is 22.5 Å². The number of hydrogen-bond donors (Lipinski definition) is 0. The molecule has 0 saturated carbocycles. The smallest absolute Gasteiger partial charge is 0.270 e. The Morgan fingerprint density at radius 1 is 0.971 bits per heavy atom. The number of nitro groups is 1. The number of hydrogen-bond acceptors (Lipinski definition) is 5. The predicted octanol–water partition coefficient (Wildman–Crippen LogP) is 4.50. The molecule has 7 rings (SSSR count). The van der Waals surface area contributed by atoms with Crippen LogP contribution in [-0.2, 0) is 19.8 Å². The number of benzene rings is 3. The van der Waals surface area contributed by atoms with E-state index in [9.17, 15) is 24.5 Å². The van der Waals surface area contributed by atoms with Gasteiger partial charge >= 0.3 is 0 Å². The monoisotopic (exact) mass is 516 g/mol. The first-order chi connectivity index (χ1) is 16.3. The average Bonchev–Trinajstić information content (AvgIpc) is 3.09. The average molecular weight is 517 g/mol. The van der Waals surface area contributed by atoms with Gasteiger partial charge in [0.2, 0.25) is 11.8 Å². The molecule has 2 amide bonds. The summed E-state index contributed by atoms with van der Waals surface area (Å²) in [6, 6.07) is 19.1. The molecule has 1 fully saturated rings. The van der Waals surface area contributed by atoms with Crippen molar-refractivity contribution in [2.75, 3.05) is 4.90 Å². The lowest BCUT2D eigenvalue weighted by Crippen LogP contribution is -2.57. The first-order valence-electron chi connectivity index (χ1n) is 10.8. The Kier molecular flexibility index (Phi) is 4.26. The summed E-state index contributed by atoms with van der Waals surface area (Å²) in [5.74, 6) is -3.06. The molecule has 34 heavy (non-hydrogen) atoms. The Labute approximate surface area is 202 Å². The van der Waals surface area contributed by atoms with Gasteiger partial charge in [-0.05, 0) is 51.2 Å². The van der Waals surface area contributed by atoms with Gasteiger partial charge in [-0.1, -0.05) is 48.5 Å². The summed E-state index contributed by atoms with van der Waals surface area (Å²) < 4.78 is 0.265. The van der Waals surface area contributed by atoms with Crippen molar-refractivity contribution >= 4 is 44.9 Å². The molecule has 7 nitrogen and oxygen atoms in total. The number of carbonyl (C=O) groups is 3. The maximum absolute atomic E-state index is 14.0. The van der Waals surface area contributed by atoms with E-state index < -0.39 is 34.0 Å². The quantitative estimate of drug-likeness (QED) is 0.290. The summed E-state index contributed by atoms with van der Waals surface area (Å²) in [7, 11) is 0. The number of nitrogens with zero attached hydrogens (tertiary/aromatic N) is 2. The minimum absolute atomic E-state index is 0.160. The molecule has 0 spiro atoms. The van der Waals surface area contributed by atoms with E-state index in [2.05, 4.69) is 15.9 Å². The second-order valence-corrected chi connectivity index (χ2v) is 9.78. The van der Waals surface area contributed by atoms with Crippen molar-refractivity contribution in [2.24, 2.45) is 11.8 Å². The number of ketones is 1. The summed E-state index contributed by atoms with van der Waals surface area (Å²) in [6.07, 6.45) is 0. The Morgan fingerprint density at radius 3 is 2.09 bits per heavy atom. The Hall–Kier alpha value is -3.65. The molecule has 3 aromatic rings. The number of anilines is 1. The Morgan fingerprint density at radius 2 is 1.56 bits per heavy atom. The highest BCUT2D eigenvalue weighted by Crippen LogP contribution is 2.64. The zero-order valence-corrected chi connectivity index (χ0v) is 19.5. The van der Waals surface area contributed by atoms with Crippen molar-refractivity contribution < 1.29 is 19.3 Å².